The lowest BCUT2D eigenvalue weighted by Gasteiger charge is -2.19. The number of hydrogen-bond donors (Lipinski definition) is 2. The van der Waals surface area contributed by atoms with Gasteiger partial charge in [-0.1, -0.05) is 24.0 Å². The van der Waals surface area contributed by atoms with E-state index in [-0.39, 0.29) is 19.2 Å². The summed E-state index contributed by atoms with van der Waals surface area (Å²) in [7, 11) is -1.94. The molecule has 0 saturated heterocycles. The number of aliphatic hydroxyl groups excluding tert-OH is 1. The van der Waals surface area contributed by atoms with Crippen LogP contribution in [0, 0.1) is 11.8 Å². The van der Waals surface area contributed by atoms with Gasteiger partial charge in [-0.2, -0.15) is 17.4 Å². The summed E-state index contributed by atoms with van der Waals surface area (Å²) < 4.78 is 27.8. The Bertz CT molecular complexity index is 615. The molecule has 1 aromatic carbocycles. The highest BCUT2D eigenvalue weighted by molar-refractivity contribution is 7.87. The van der Waals surface area contributed by atoms with Gasteiger partial charge in [0.2, 0.25) is 0 Å². The molecule has 1 aromatic rings. The van der Waals surface area contributed by atoms with Crippen LogP contribution in [0.25, 0.3) is 0 Å². The first-order valence-electron chi connectivity index (χ1n) is 6.77. The van der Waals surface area contributed by atoms with Gasteiger partial charge in [0.1, 0.15) is 0 Å². The summed E-state index contributed by atoms with van der Waals surface area (Å²) in [5.74, 6) is 5.78. The van der Waals surface area contributed by atoms with E-state index in [9.17, 15) is 8.42 Å². The van der Waals surface area contributed by atoms with Gasteiger partial charge >= 0.3 is 0 Å². The third-order valence-corrected chi connectivity index (χ3v) is 4.32. The molecule has 6 heteroatoms. The standard InChI is InChI=1S/C15H22N2O3S/c1-13(2)16-21(19,20)17(3)12-15-9-6-8-14(11-15)7-4-5-10-18/h6,8-9,11,13,16,18H,5,10,12H2,1-3H3. The first-order valence-corrected chi connectivity index (χ1v) is 8.21. The summed E-state index contributed by atoms with van der Waals surface area (Å²) >= 11 is 0. The molecule has 0 aromatic heterocycles. The van der Waals surface area contributed by atoms with Crippen LogP contribution in [0.3, 0.4) is 0 Å². The average Bonchev–Trinajstić information content (AvgIpc) is 2.38. The number of benzene rings is 1. The van der Waals surface area contributed by atoms with Crippen LogP contribution in [0.4, 0.5) is 0 Å². The van der Waals surface area contributed by atoms with Crippen LogP contribution in [-0.4, -0.2) is 37.5 Å². The molecular formula is C15H22N2O3S. The Morgan fingerprint density at radius 3 is 2.71 bits per heavy atom. The van der Waals surface area contributed by atoms with Gasteiger partial charge in [-0.15, -0.1) is 0 Å². The number of nitrogens with zero attached hydrogens (tertiary/aromatic N) is 1. The van der Waals surface area contributed by atoms with E-state index in [1.165, 1.54) is 11.4 Å². The van der Waals surface area contributed by atoms with Crippen molar-refractivity contribution >= 4 is 10.2 Å². The van der Waals surface area contributed by atoms with Gasteiger partial charge in [-0.3, -0.25) is 0 Å². The number of hydrogen-bond acceptors (Lipinski definition) is 3. The van der Waals surface area contributed by atoms with Crippen LogP contribution in [-0.2, 0) is 16.8 Å². The molecule has 0 radical (unpaired) electrons. The molecule has 0 amide bonds. The molecule has 0 spiro atoms. The van der Waals surface area contributed by atoms with E-state index in [1.807, 2.05) is 24.3 Å². The van der Waals surface area contributed by atoms with Crippen molar-refractivity contribution in [2.24, 2.45) is 0 Å². The van der Waals surface area contributed by atoms with Crippen LogP contribution in [0.15, 0.2) is 24.3 Å². The molecular weight excluding hydrogens is 288 g/mol. The SMILES string of the molecule is CC(C)NS(=O)(=O)N(C)Cc1cccc(C#CCCO)c1. The monoisotopic (exact) mass is 310 g/mol. The Balaban J connectivity index is 2.80. The Labute approximate surface area is 127 Å². The topological polar surface area (TPSA) is 69.6 Å². The molecule has 0 atom stereocenters. The zero-order chi connectivity index (χ0) is 15.9. The highest BCUT2D eigenvalue weighted by Crippen LogP contribution is 2.09. The third kappa shape index (κ3) is 6.27. The average molecular weight is 310 g/mol. The van der Waals surface area contributed by atoms with Crippen molar-refractivity contribution in [2.45, 2.75) is 32.9 Å². The quantitative estimate of drug-likeness (QED) is 0.773. The van der Waals surface area contributed by atoms with Gasteiger partial charge in [0.25, 0.3) is 10.2 Å². The van der Waals surface area contributed by atoms with E-state index in [0.29, 0.717) is 6.42 Å². The molecule has 21 heavy (non-hydrogen) atoms. The zero-order valence-corrected chi connectivity index (χ0v) is 13.4. The molecule has 0 aliphatic heterocycles. The van der Waals surface area contributed by atoms with Crippen LogP contribution >= 0.6 is 0 Å². The maximum Gasteiger partial charge on any atom is 0.279 e. The molecule has 1 rings (SSSR count). The Hall–Kier alpha value is -1.39. The van der Waals surface area contributed by atoms with E-state index in [0.717, 1.165) is 11.1 Å². The number of rotatable bonds is 6. The second-order valence-corrected chi connectivity index (χ2v) is 6.82. The van der Waals surface area contributed by atoms with Crippen LogP contribution < -0.4 is 4.72 Å². The Kier molecular flexibility index (Phi) is 6.85. The van der Waals surface area contributed by atoms with Gasteiger partial charge in [0, 0.05) is 31.6 Å². The molecule has 116 valence electrons. The smallest absolute Gasteiger partial charge is 0.279 e. The van der Waals surface area contributed by atoms with Crippen molar-refractivity contribution in [1.29, 1.82) is 0 Å². The third-order valence-electron chi connectivity index (χ3n) is 2.60. The predicted molar refractivity (Wildman–Crippen MR) is 83.7 cm³/mol. The van der Waals surface area contributed by atoms with Crippen molar-refractivity contribution in [1.82, 2.24) is 9.03 Å². The van der Waals surface area contributed by atoms with Gasteiger partial charge in [-0.25, -0.2) is 0 Å². The molecule has 0 unspecified atom stereocenters. The first-order chi connectivity index (χ1) is 9.85. The molecule has 0 saturated carbocycles. The van der Waals surface area contributed by atoms with Gasteiger partial charge in [0.05, 0.1) is 6.61 Å². The van der Waals surface area contributed by atoms with Crippen LogP contribution in [0.5, 0.6) is 0 Å². The van der Waals surface area contributed by atoms with E-state index in [4.69, 9.17) is 5.11 Å². The molecule has 0 aliphatic carbocycles. The largest absolute Gasteiger partial charge is 0.395 e. The van der Waals surface area contributed by atoms with E-state index in [1.54, 1.807) is 13.8 Å². The van der Waals surface area contributed by atoms with Gasteiger partial charge < -0.3 is 5.11 Å². The molecule has 5 nitrogen and oxygen atoms in total. The lowest BCUT2D eigenvalue weighted by molar-refractivity contribution is 0.305. The van der Waals surface area contributed by atoms with Crippen LogP contribution in [0.1, 0.15) is 31.4 Å². The van der Waals surface area contributed by atoms with Crippen molar-refractivity contribution < 1.29 is 13.5 Å². The van der Waals surface area contributed by atoms with Gasteiger partial charge in [0.15, 0.2) is 0 Å². The van der Waals surface area contributed by atoms with Crippen molar-refractivity contribution in [3.8, 4) is 11.8 Å². The van der Waals surface area contributed by atoms with Crippen molar-refractivity contribution in [3.05, 3.63) is 35.4 Å². The minimum atomic E-state index is -3.48. The minimum Gasteiger partial charge on any atom is -0.395 e. The van der Waals surface area contributed by atoms with Crippen molar-refractivity contribution in [2.75, 3.05) is 13.7 Å². The highest BCUT2D eigenvalue weighted by Gasteiger charge is 2.18. The predicted octanol–water partition coefficient (Wildman–Crippen LogP) is 1.10. The maximum absolute atomic E-state index is 12.0. The zero-order valence-electron chi connectivity index (χ0n) is 12.6. The fourth-order valence-electron chi connectivity index (χ4n) is 1.70. The molecule has 0 heterocycles. The lowest BCUT2D eigenvalue weighted by atomic mass is 10.1. The molecule has 0 aliphatic rings. The van der Waals surface area contributed by atoms with E-state index < -0.39 is 10.2 Å². The number of nitrogens with one attached hydrogen (secondary N) is 1. The molecule has 2 N–H and O–H groups in total. The number of aliphatic hydroxyl groups is 1. The Morgan fingerprint density at radius 2 is 2.10 bits per heavy atom. The maximum atomic E-state index is 12.0. The fraction of sp³-hybridized carbons (Fsp3) is 0.467. The summed E-state index contributed by atoms with van der Waals surface area (Å²) in [6.07, 6.45) is 0.427. The summed E-state index contributed by atoms with van der Waals surface area (Å²) in [5, 5.41) is 8.70. The molecule has 0 bridgehead atoms. The second kappa shape index (κ2) is 8.15. The summed E-state index contributed by atoms with van der Waals surface area (Å²) in [4.78, 5) is 0. The fourth-order valence-corrected chi connectivity index (χ4v) is 2.79. The van der Waals surface area contributed by atoms with Crippen LogP contribution in [0.2, 0.25) is 0 Å². The molecule has 0 fully saturated rings. The van der Waals surface area contributed by atoms with Crippen molar-refractivity contribution in [3.63, 3.8) is 0 Å². The highest BCUT2D eigenvalue weighted by atomic mass is 32.2. The second-order valence-electron chi connectivity index (χ2n) is 5.01. The van der Waals surface area contributed by atoms with E-state index >= 15 is 0 Å². The summed E-state index contributed by atoms with van der Waals surface area (Å²) in [6, 6.07) is 7.27. The Morgan fingerprint density at radius 1 is 1.38 bits per heavy atom. The summed E-state index contributed by atoms with van der Waals surface area (Å²) in [5.41, 5.74) is 1.67. The normalized spacial score (nSPS) is 11.5. The lowest BCUT2D eigenvalue weighted by Crippen LogP contribution is -2.41. The van der Waals surface area contributed by atoms with E-state index in [2.05, 4.69) is 16.6 Å². The minimum absolute atomic E-state index is 0.0363. The summed E-state index contributed by atoms with van der Waals surface area (Å²) in [6.45, 7) is 3.87. The first kappa shape index (κ1) is 17.7. The van der Waals surface area contributed by atoms with Gasteiger partial charge in [-0.05, 0) is 31.5 Å².